The fraction of sp³-hybridized carbons (Fsp3) is 0.0833. The molecule has 3 aromatic carbocycles. The van der Waals surface area contributed by atoms with Crippen molar-refractivity contribution < 1.29 is 9.59 Å². The highest BCUT2D eigenvalue weighted by molar-refractivity contribution is 6.32. The van der Waals surface area contributed by atoms with Crippen LogP contribution in [-0.4, -0.2) is 23.2 Å². The van der Waals surface area contributed by atoms with Gasteiger partial charge in [0.1, 0.15) is 5.92 Å². The van der Waals surface area contributed by atoms with Crippen molar-refractivity contribution in [3.63, 3.8) is 0 Å². The van der Waals surface area contributed by atoms with E-state index in [9.17, 15) is 9.59 Å². The van der Waals surface area contributed by atoms with E-state index >= 15 is 0 Å². The van der Waals surface area contributed by atoms with Crippen LogP contribution in [0.2, 0.25) is 5.02 Å². The van der Waals surface area contributed by atoms with Crippen LogP contribution in [0.15, 0.2) is 95.1 Å². The van der Waals surface area contributed by atoms with Crippen molar-refractivity contribution in [3.05, 3.63) is 101 Å². The van der Waals surface area contributed by atoms with Crippen molar-refractivity contribution >= 4 is 40.5 Å². The Kier molecular flexibility index (Phi) is 5.91. The van der Waals surface area contributed by atoms with Gasteiger partial charge in [-0.3, -0.25) is 9.59 Å². The van der Waals surface area contributed by atoms with E-state index in [0.29, 0.717) is 27.7 Å². The van der Waals surface area contributed by atoms with Crippen LogP contribution in [-0.2, 0) is 4.79 Å². The predicted molar refractivity (Wildman–Crippen MR) is 122 cm³/mol. The van der Waals surface area contributed by atoms with Crippen LogP contribution in [0.1, 0.15) is 22.8 Å². The molecule has 0 bridgehead atoms. The van der Waals surface area contributed by atoms with E-state index in [-0.39, 0.29) is 5.91 Å². The average Bonchev–Trinajstić information content (AvgIpc) is 3.10. The summed E-state index contributed by atoms with van der Waals surface area (Å²) in [5.41, 5.74) is 5.40. The number of nitrogens with one attached hydrogen (secondary N) is 1. The van der Waals surface area contributed by atoms with Crippen LogP contribution >= 0.6 is 11.6 Å². The first kappa shape index (κ1) is 20.5. The minimum Gasteiger partial charge on any atom is -0.271 e. The van der Waals surface area contributed by atoms with Gasteiger partial charge in [0.25, 0.3) is 11.8 Å². The molecular weight excluding hydrogens is 412 g/mol. The van der Waals surface area contributed by atoms with E-state index in [1.54, 1.807) is 31.2 Å². The number of amides is 2. The van der Waals surface area contributed by atoms with Gasteiger partial charge in [-0.1, -0.05) is 60.1 Å². The minimum absolute atomic E-state index is 0.230. The third kappa shape index (κ3) is 4.39. The largest absolute Gasteiger partial charge is 0.271 e. The highest BCUT2D eigenvalue weighted by Gasteiger charge is 2.38. The number of carbonyl (C=O) groups is 2. The number of para-hydroxylation sites is 1. The number of nitrogens with zero attached hydrogens (tertiary/aromatic N) is 3. The maximum Gasteiger partial charge on any atom is 0.271 e. The van der Waals surface area contributed by atoms with Gasteiger partial charge in [-0.05, 0) is 48.9 Å². The van der Waals surface area contributed by atoms with Gasteiger partial charge in [0.05, 0.1) is 17.1 Å². The fourth-order valence-electron chi connectivity index (χ4n) is 3.32. The first-order valence-electron chi connectivity index (χ1n) is 9.67. The van der Waals surface area contributed by atoms with E-state index < -0.39 is 11.8 Å². The summed E-state index contributed by atoms with van der Waals surface area (Å²) in [5, 5.41) is 10.7. The maximum atomic E-state index is 13.3. The van der Waals surface area contributed by atoms with Crippen molar-refractivity contribution in [2.24, 2.45) is 16.1 Å². The molecule has 0 saturated carbocycles. The Morgan fingerprint density at radius 2 is 1.55 bits per heavy atom. The number of benzene rings is 3. The van der Waals surface area contributed by atoms with Gasteiger partial charge < -0.3 is 0 Å². The Morgan fingerprint density at radius 3 is 2.19 bits per heavy atom. The Balaban J connectivity index is 1.67. The van der Waals surface area contributed by atoms with Crippen LogP contribution in [0.25, 0.3) is 0 Å². The Labute approximate surface area is 184 Å². The summed E-state index contributed by atoms with van der Waals surface area (Å²) in [4.78, 5) is 25.9. The van der Waals surface area contributed by atoms with Gasteiger partial charge in [0.15, 0.2) is 0 Å². The van der Waals surface area contributed by atoms with Crippen molar-refractivity contribution in [2.75, 3.05) is 5.01 Å². The molecule has 154 valence electrons. The van der Waals surface area contributed by atoms with Crippen LogP contribution < -0.4 is 10.4 Å². The molecule has 1 N–H and O–H groups in total. The molecule has 1 aliphatic heterocycles. The second-order valence-electron chi connectivity index (χ2n) is 6.97. The molecular formula is C24H19ClN4O2. The quantitative estimate of drug-likeness (QED) is 0.477. The first-order valence-corrected chi connectivity index (χ1v) is 10.1. The van der Waals surface area contributed by atoms with Gasteiger partial charge in [-0.25, -0.2) is 5.43 Å². The topological polar surface area (TPSA) is 74.1 Å². The predicted octanol–water partition coefficient (Wildman–Crippen LogP) is 4.51. The molecule has 1 unspecified atom stereocenters. The lowest BCUT2D eigenvalue weighted by atomic mass is 9.93. The van der Waals surface area contributed by atoms with Gasteiger partial charge >= 0.3 is 0 Å². The molecule has 0 fully saturated rings. The highest BCUT2D eigenvalue weighted by Crippen LogP contribution is 2.26. The zero-order chi connectivity index (χ0) is 21.8. The first-order chi connectivity index (χ1) is 15.0. The molecule has 2 amide bonds. The molecule has 0 aliphatic carbocycles. The average molecular weight is 431 g/mol. The summed E-state index contributed by atoms with van der Waals surface area (Å²) in [5.74, 6) is -1.34. The molecule has 6 nitrogen and oxygen atoms in total. The fourth-order valence-corrected chi connectivity index (χ4v) is 3.44. The van der Waals surface area contributed by atoms with E-state index in [2.05, 4.69) is 15.6 Å². The van der Waals surface area contributed by atoms with Gasteiger partial charge in [-0.2, -0.15) is 15.2 Å². The molecule has 3 aromatic rings. The Morgan fingerprint density at radius 1 is 0.935 bits per heavy atom. The van der Waals surface area contributed by atoms with E-state index in [1.165, 1.54) is 5.01 Å². The lowest BCUT2D eigenvalue weighted by Crippen LogP contribution is -2.35. The monoisotopic (exact) mass is 430 g/mol. The maximum absolute atomic E-state index is 13.3. The zero-order valence-electron chi connectivity index (χ0n) is 16.7. The summed E-state index contributed by atoms with van der Waals surface area (Å²) < 4.78 is 0. The number of anilines is 1. The molecule has 1 aliphatic rings. The van der Waals surface area contributed by atoms with Gasteiger partial charge in [0, 0.05) is 10.6 Å². The van der Waals surface area contributed by atoms with Crippen molar-refractivity contribution in [1.82, 2.24) is 5.43 Å². The van der Waals surface area contributed by atoms with E-state index in [4.69, 9.17) is 11.6 Å². The van der Waals surface area contributed by atoms with E-state index in [0.717, 1.165) is 5.56 Å². The number of hydrazone groups is 2. The third-order valence-electron chi connectivity index (χ3n) is 4.86. The third-order valence-corrected chi connectivity index (χ3v) is 5.11. The molecule has 1 atom stereocenters. The lowest BCUT2D eigenvalue weighted by molar-refractivity contribution is -0.118. The summed E-state index contributed by atoms with van der Waals surface area (Å²) in [6, 6.07) is 25.0. The number of carbonyl (C=O) groups excluding carboxylic acids is 2. The van der Waals surface area contributed by atoms with Crippen LogP contribution in [0.5, 0.6) is 0 Å². The minimum atomic E-state index is -0.715. The molecule has 31 heavy (non-hydrogen) atoms. The lowest BCUT2D eigenvalue weighted by Gasteiger charge is -2.16. The van der Waals surface area contributed by atoms with Crippen molar-refractivity contribution in [1.29, 1.82) is 0 Å². The van der Waals surface area contributed by atoms with E-state index in [1.807, 2.05) is 60.7 Å². The standard InChI is InChI=1S/C24H19ClN4O2/c1-16-21(24(31)29(28-16)20-10-6-3-7-11-20)22(17-8-4-2-5-9-17)26-27-23(30)18-12-14-19(25)15-13-18/h2-15,21H,1H3,(H,27,30). The van der Waals surface area contributed by atoms with Crippen LogP contribution in [0.4, 0.5) is 5.69 Å². The number of hydrogen-bond acceptors (Lipinski definition) is 4. The normalized spacial score (nSPS) is 16.3. The Bertz CT molecular complexity index is 1160. The van der Waals surface area contributed by atoms with Gasteiger partial charge in [0.2, 0.25) is 0 Å². The molecule has 4 rings (SSSR count). The smallest absolute Gasteiger partial charge is 0.271 e. The molecule has 0 aromatic heterocycles. The summed E-state index contributed by atoms with van der Waals surface area (Å²) in [7, 11) is 0. The molecule has 0 saturated heterocycles. The molecule has 7 heteroatoms. The number of rotatable bonds is 5. The SMILES string of the molecule is CC1=NN(c2ccccc2)C(=O)C1C(=NNC(=O)c1ccc(Cl)cc1)c1ccccc1. The summed E-state index contributed by atoms with van der Waals surface area (Å²) in [6.45, 7) is 1.78. The summed E-state index contributed by atoms with van der Waals surface area (Å²) >= 11 is 5.89. The number of hydrogen-bond donors (Lipinski definition) is 1. The zero-order valence-corrected chi connectivity index (χ0v) is 17.5. The molecule has 0 spiro atoms. The van der Waals surface area contributed by atoms with Crippen molar-refractivity contribution in [2.45, 2.75) is 6.92 Å². The highest BCUT2D eigenvalue weighted by atomic mass is 35.5. The molecule has 1 heterocycles. The Hall–Kier alpha value is -3.77. The second-order valence-corrected chi connectivity index (χ2v) is 7.41. The molecule has 0 radical (unpaired) electrons. The second kappa shape index (κ2) is 8.93. The van der Waals surface area contributed by atoms with Crippen LogP contribution in [0, 0.1) is 5.92 Å². The van der Waals surface area contributed by atoms with Gasteiger partial charge in [-0.15, -0.1) is 0 Å². The summed E-state index contributed by atoms with van der Waals surface area (Å²) in [6.07, 6.45) is 0. The number of halogens is 1. The van der Waals surface area contributed by atoms with Crippen LogP contribution in [0.3, 0.4) is 0 Å². The van der Waals surface area contributed by atoms with Crippen molar-refractivity contribution in [3.8, 4) is 0 Å².